The summed E-state index contributed by atoms with van der Waals surface area (Å²) >= 11 is 0. The van der Waals surface area contributed by atoms with Gasteiger partial charge in [0.05, 0.1) is 6.54 Å². The third kappa shape index (κ3) is 5.24. The highest BCUT2D eigenvalue weighted by molar-refractivity contribution is 5.81. The van der Waals surface area contributed by atoms with Crippen LogP contribution >= 0.6 is 0 Å². The molecule has 112 valence electrons. The Morgan fingerprint density at radius 2 is 1.90 bits per heavy atom. The van der Waals surface area contributed by atoms with Gasteiger partial charge >= 0.3 is 0 Å². The van der Waals surface area contributed by atoms with E-state index in [1.165, 1.54) is 5.56 Å². The first-order valence-corrected chi connectivity index (χ1v) is 7.47. The molecule has 1 amide bonds. The molecule has 1 atom stereocenters. The molecule has 0 aliphatic heterocycles. The van der Waals surface area contributed by atoms with Crippen LogP contribution in [0.2, 0.25) is 0 Å². The average molecular weight is 276 g/mol. The van der Waals surface area contributed by atoms with Crippen molar-refractivity contribution in [3.8, 4) is 0 Å². The number of hydrogen-bond donors (Lipinski definition) is 2. The number of para-hydroxylation sites is 1. The molecule has 1 aromatic carbocycles. The lowest BCUT2D eigenvalue weighted by atomic mass is 9.86. The van der Waals surface area contributed by atoms with Gasteiger partial charge < -0.3 is 10.6 Å². The Hall–Kier alpha value is -1.51. The predicted molar refractivity (Wildman–Crippen MR) is 86.1 cm³/mol. The number of carbonyl (C=O) groups excluding carboxylic acids is 1. The van der Waals surface area contributed by atoms with Gasteiger partial charge in [-0.3, -0.25) is 4.79 Å². The lowest BCUT2D eigenvalue weighted by Gasteiger charge is -2.23. The highest BCUT2D eigenvalue weighted by Crippen LogP contribution is 2.28. The van der Waals surface area contributed by atoms with Crippen LogP contribution in [0.4, 0.5) is 5.69 Å². The second-order valence-electron chi connectivity index (χ2n) is 6.41. The maximum absolute atomic E-state index is 11.9. The van der Waals surface area contributed by atoms with Crippen molar-refractivity contribution in [2.45, 2.75) is 58.9 Å². The maximum atomic E-state index is 11.9. The molecule has 20 heavy (non-hydrogen) atoms. The number of benzene rings is 1. The van der Waals surface area contributed by atoms with E-state index in [2.05, 4.69) is 44.4 Å². The summed E-state index contributed by atoms with van der Waals surface area (Å²) in [5, 5.41) is 6.26. The van der Waals surface area contributed by atoms with E-state index >= 15 is 0 Å². The normalized spacial score (nSPS) is 12.8. The zero-order valence-corrected chi connectivity index (χ0v) is 13.4. The molecule has 1 rings (SSSR count). The Morgan fingerprint density at radius 3 is 2.50 bits per heavy atom. The topological polar surface area (TPSA) is 41.1 Å². The van der Waals surface area contributed by atoms with Crippen molar-refractivity contribution in [1.82, 2.24) is 5.32 Å². The molecule has 0 saturated carbocycles. The quantitative estimate of drug-likeness (QED) is 0.832. The van der Waals surface area contributed by atoms with E-state index in [1.54, 1.807) is 0 Å². The van der Waals surface area contributed by atoms with Crippen LogP contribution in [-0.2, 0) is 10.2 Å². The van der Waals surface area contributed by atoms with Crippen LogP contribution in [0, 0.1) is 0 Å². The fourth-order valence-electron chi connectivity index (χ4n) is 2.30. The van der Waals surface area contributed by atoms with Gasteiger partial charge in [0, 0.05) is 11.7 Å². The van der Waals surface area contributed by atoms with Gasteiger partial charge in [-0.25, -0.2) is 0 Å². The number of amides is 1. The van der Waals surface area contributed by atoms with E-state index in [0.717, 1.165) is 18.5 Å². The van der Waals surface area contributed by atoms with E-state index in [9.17, 15) is 4.79 Å². The number of rotatable bonds is 6. The number of anilines is 1. The minimum Gasteiger partial charge on any atom is -0.376 e. The maximum Gasteiger partial charge on any atom is 0.239 e. The van der Waals surface area contributed by atoms with Crippen LogP contribution in [0.3, 0.4) is 0 Å². The summed E-state index contributed by atoms with van der Waals surface area (Å²) in [7, 11) is 0. The van der Waals surface area contributed by atoms with Gasteiger partial charge in [0.15, 0.2) is 0 Å². The van der Waals surface area contributed by atoms with Gasteiger partial charge in [-0.2, -0.15) is 0 Å². The molecule has 0 spiro atoms. The van der Waals surface area contributed by atoms with Gasteiger partial charge in [0.1, 0.15) is 0 Å². The third-order valence-corrected chi connectivity index (χ3v) is 3.30. The summed E-state index contributed by atoms with van der Waals surface area (Å²) < 4.78 is 0. The first kappa shape index (κ1) is 16.5. The second kappa shape index (κ2) is 7.32. The molecule has 2 N–H and O–H groups in total. The largest absolute Gasteiger partial charge is 0.376 e. The monoisotopic (exact) mass is 276 g/mol. The summed E-state index contributed by atoms with van der Waals surface area (Å²) in [5.41, 5.74) is 2.34. The van der Waals surface area contributed by atoms with Gasteiger partial charge in [-0.15, -0.1) is 0 Å². The summed E-state index contributed by atoms with van der Waals surface area (Å²) in [6.07, 6.45) is 2.10. The molecule has 3 heteroatoms. The minimum atomic E-state index is 0.0506. The molecule has 0 aromatic heterocycles. The molecule has 0 heterocycles. The van der Waals surface area contributed by atoms with E-state index in [0.29, 0.717) is 6.54 Å². The van der Waals surface area contributed by atoms with Crippen LogP contribution < -0.4 is 10.6 Å². The lowest BCUT2D eigenvalue weighted by Crippen LogP contribution is -2.36. The summed E-state index contributed by atoms with van der Waals surface area (Å²) in [4.78, 5) is 11.9. The predicted octanol–water partition coefficient (Wildman–Crippen LogP) is 3.70. The average Bonchev–Trinajstić information content (AvgIpc) is 2.36. The van der Waals surface area contributed by atoms with Crippen LogP contribution in [0.1, 0.15) is 53.0 Å². The molecule has 1 unspecified atom stereocenters. The van der Waals surface area contributed by atoms with Crippen molar-refractivity contribution in [2.24, 2.45) is 0 Å². The van der Waals surface area contributed by atoms with Gasteiger partial charge in [0.25, 0.3) is 0 Å². The van der Waals surface area contributed by atoms with Crippen LogP contribution in [0.5, 0.6) is 0 Å². The van der Waals surface area contributed by atoms with Crippen molar-refractivity contribution >= 4 is 11.6 Å². The fraction of sp³-hybridized carbons (Fsp3) is 0.588. The Bertz CT molecular complexity index is 435. The zero-order valence-electron chi connectivity index (χ0n) is 13.4. The second-order valence-corrected chi connectivity index (χ2v) is 6.41. The number of nitrogens with one attached hydrogen (secondary N) is 2. The highest BCUT2D eigenvalue weighted by atomic mass is 16.1. The first-order valence-electron chi connectivity index (χ1n) is 7.47. The van der Waals surface area contributed by atoms with Crippen molar-refractivity contribution in [3.63, 3.8) is 0 Å². The SMILES string of the molecule is CCCC(C)NC(=O)CNc1ccccc1C(C)(C)C. The van der Waals surface area contributed by atoms with E-state index in [-0.39, 0.29) is 17.4 Å². The molecule has 0 saturated heterocycles. The van der Waals surface area contributed by atoms with Crippen molar-refractivity contribution in [2.75, 3.05) is 11.9 Å². The summed E-state index contributed by atoms with van der Waals surface area (Å²) in [6, 6.07) is 8.42. The van der Waals surface area contributed by atoms with E-state index in [4.69, 9.17) is 0 Å². The Kier molecular flexibility index (Phi) is 6.05. The van der Waals surface area contributed by atoms with Crippen molar-refractivity contribution in [1.29, 1.82) is 0 Å². The molecule has 0 aliphatic rings. The molecule has 0 aliphatic carbocycles. The number of hydrogen-bond acceptors (Lipinski definition) is 2. The molecule has 0 bridgehead atoms. The smallest absolute Gasteiger partial charge is 0.239 e. The molecule has 3 nitrogen and oxygen atoms in total. The van der Waals surface area contributed by atoms with Crippen LogP contribution in [0.15, 0.2) is 24.3 Å². The zero-order chi connectivity index (χ0) is 15.2. The lowest BCUT2D eigenvalue weighted by molar-refractivity contribution is -0.120. The van der Waals surface area contributed by atoms with Crippen LogP contribution in [-0.4, -0.2) is 18.5 Å². The number of carbonyl (C=O) groups is 1. The molecule has 1 aromatic rings. The minimum absolute atomic E-state index is 0.0506. The Balaban J connectivity index is 2.60. The van der Waals surface area contributed by atoms with E-state index in [1.807, 2.05) is 25.1 Å². The standard InChI is InChI=1S/C17H28N2O/c1-6-9-13(2)19-16(20)12-18-15-11-8-7-10-14(15)17(3,4)5/h7-8,10-11,13,18H,6,9,12H2,1-5H3,(H,19,20). The van der Waals surface area contributed by atoms with Crippen molar-refractivity contribution in [3.05, 3.63) is 29.8 Å². The Morgan fingerprint density at radius 1 is 1.25 bits per heavy atom. The Labute approximate surface area is 123 Å². The van der Waals surface area contributed by atoms with Gasteiger partial charge in [-0.1, -0.05) is 52.3 Å². The summed E-state index contributed by atoms with van der Waals surface area (Å²) in [6.45, 7) is 11.0. The molecular formula is C17H28N2O. The van der Waals surface area contributed by atoms with Crippen LogP contribution in [0.25, 0.3) is 0 Å². The molecule has 0 radical (unpaired) electrons. The molecule has 0 fully saturated rings. The van der Waals surface area contributed by atoms with Gasteiger partial charge in [0.2, 0.25) is 5.91 Å². The van der Waals surface area contributed by atoms with E-state index < -0.39 is 0 Å². The summed E-state index contributed by atoms with van der Waals surface area (Å²) in [5.74, 6) is 0.0506. The third-order valence-electron chi connectivity index (χ3n) is 3.30. The first-order chi connectivity index (χ1) is 9.34. The van der Waals surface area contributed by atoms with Gasteiger partial charge in [-0.05, 0) is 30.4 Å². The fourth-order valence-corrected chi connectivity index (χ4v) is 2.30. The highest BCUT2D eigenvalue weighted by Gasteiger charge is 2.17. The van der Waals surface area contributed by atoms with Crippen molar-refractivity contribution < 1.29 is 4.79 Å². The molecular weight excluding hydrogens is 248 g/mol.